The Bertz CT molecular complexity index is 953. The molecule has 2 aromatic rings. The molecule has 0 amide bonds. The van der Waals surface area contributed by atoms with Crippen molar-refractivity contribution in [1.82, 2.24) is 5.32 Å². The zero-order chi connectivity index (χ0) is 26.0. The molecule has 4 atom stereocenters. The highest BCUT2D eigenvalue weighted by atomic mass is 16.5. The molecule has 2 heterocycles. The van der Waals surface area contributed by atoms with E-state index in [1.165, 1.54) is 5.56 Å². The highest BCUT2D eigenvalue weighted by Gasteiger charge is 2.32. The van der Waals surface area contributed by atoms with Gasteiger partial charge in [0.25, 0.3) is 0 Å². The fourth-order valence-corrected chi connectivity index (χ4v) is 5.40. The lowest BCUT2D eigenvalue weighted by Crippen LogP contribution is -2.47. The molecule has 204 valence electrons. The number of hydrogen-bond donors (Lipinski definition) is 2. The Balaban J connectivity index is 1.43. The average Bonchev–Trinajstić information content (AvgIpc) is 2.95. The average molecular weight is 513 g/mol. The van der Waals surface area contributed by atoms with Gasteiger partial charge in [-0.1, -0.05) is 25.1 Å². The highest BCUT2D eigenvalue weighted by Crippen LogP contribution is 2.35. The van der Waals surface area contributed by atoms with Crippen LogP contribution in [-0.2, 0) is 16.1 Å². The van der Waals surface area contributed by atoms with Crippen LogP contribution in [0.3, 0.4) is 0 Å². The summed E-state index contributed by atoms with van der Waals surface area (Å²) in [6.07, 6.45) is 4.41. The topological polar surface area (TPSA) is 72.4 Å². The molecule has 0 aromatic heterocycles. The van der Waals surface area contributed by atoms with Crippen LogP contribution in [0.15, 0.2) is 42.5 Å². The molecule has 0 bridgehead atoms. The minimum atomic E-state index is -0.225. The van der Waals surface area contributed by atoms with Crippen molar-refractivity contribution in [3.05, 3.63) is 53.6 Å². The lowest BCUT2D eigenvalue weighted by atomic mass is 9.82. The Hall–Kier alpha value is -2.32. The number of fused-ring (bicyclic) bond motifs is 1. The van der Waals surface area contributed by atoms with E-state index in [4.69, 9.17) is 18.9 Å². The Morgan fingerprint density at radius 2 is 2.00 bits per heavy atom. The molecule has 2 aromatic carbocycles. The zero-order valence-corrected chi connectivity index (χ0v) is 22.7. The summed E-state index contributed by atoms with van der Waals surface area (Å²) >= 11 is 0. The first-order chi connectivity index (χ1) is 18.1. The number of methoxy groups -OCH3 is 2. The number of anilines is 1. The molecule has 2 aliphatic heterocycles. The summed E-state index contributed by atoms with van der Waals surface area (Å²) in [4.78, 5) is 2.39. The largest absolute Gasteiger partial charge is 0.497 e. The van der Waals surface area contributed by atoms with Gasteiger partial charge < -0.3 is 34.3 Å². The van der Waals surface area contributed by atoms with E-state index >= 15 is 0 Å². The van der Waals surface area contributed by atoms with Crippen LogP contribution in [0.1, 0.15) is 56.1 Å². The lowest BCUT2D eigenvalue weighted by molar-refractivity contribution is 0.00116. The minimum Gasteiger partial charge on any atom is -0.497 e. The van der Waals surface area contributed by atoms with Gasteiger partial charge in [0.1, 0.15) is 18.1 Å². The first kappa shape index (κ1) is 27.7. The molecule has 0 aliphatic carbocycles. The Labute approximate surface area is 222 Å². The van der Waals surface area contributed by atoms with E-state index in [1.807, 2.05) is 19.1 Å². The van der Waals surface area contributed by atoms with Crippen LogP contribution in [0.25, 0.3) is 0 Å². The summed E-state index contributed by atoms with van der Waals surface area (Å²) in [6, 6.07) is 15.2. The van der Waals surface area contributed by atoms with Gasteiger partial charge in [-0.3, -0.25) is 0 Å². The summed E-state index contributed by atoms with van der Waals surface area (Å²) in [5.41, 5.74) is 3.57. The first-order valence-corrected chi connectivity index (χ1v) is 13.8. The Kier molecular flexibility index (Phi) is 10.5. The number of piperidine rings is 1. The van der Waals surface area contributed by atoms with Gasteiger partial charge in [-0.2, -0.15) is 0 Å². The fourth-order valence-electron chi connectivity index (χ4n) is 5.40. The van der Waals surface area contributed by atoms with Crippen LogP contribution in [0.2, 0.25) is 0 Å². The number of aliphatic hydroxyl groups excluding tert-OH is 1. The van der Waals surface area contributed by atoms with Crippen molar-refractivity contribution < 1.29 is 24.1 Å². The highest BCUT2D eigenvalue weighted by molar-refractivity contribution is 5.61. The summed E-state index contributed by atoms with van der Waals surface area (Å²) in [5.74, 6) is 2.09. The van der Waals surface area contributed by atoms with Crippen molar-refractivity contribution in [3.8, 4) is 11.5 Å². The number of benzene rings is 2. The third-order valence-corrected chi connectivity index (χ3v) is 7.68. The molecule has 0 spiro atoms. The predicted molar refractivity (Wildman–Crippen MR) is 147 cm³/mol. The molecule has 2 aliphatic rings. The van der Waals surface area contributed by atoms with Crippen molar-refractivity contribution in [2.75, 3.05) is 52.0 Å². The minimum absolute atomic E-state index is 0.0610. The van der Waals surface area contributed by atoms with Crippen molar-refractivity contribution in [1.29, 1.82) is 0 Å². The summed E-state index contributed by atoms with van der Waals surface area (Å²) < 4.78 is 23.1. The van der Waals surface area contributed by atoms with Crippen LogP contribution in [0, 0.1) is 0 Å². The molecule has 1 saturated heterocycles. The lowest BCUT2D eigenvalue weighted by Gasteiger charge is -2.38. The second kappa shape index (κ2) is 14.0. The van der Waals surface area contributed by atoms with Gasteiger partial charge in [0, 0.05) is 38.8 Å². The monoisotopic (exact) mass is 512 g/mol. The third-order valence-electron chi connectivity index (χ3n) is 7.68. The second-order valence-corrected chi connectivity index (χ2v) is 10.2. The van der Waals surface area contributed by atoms with E-state index < -0.39 is 0 Å². The SMILES string of the molecule is CC[C@@H](O)CC[C@@H]1C[C@H](c2ccc(OC)cc2)[C@@H](OCc2ccc3c(c2)N(CCCOC)CCO3)CN1. The molecule has 0 unspecified atom stereocenters. The molecule has 0 radical (unpaired) electrons. The van der Waals surface area contributed by atoms with Gasteiger partial charge >= 0.3 is 0 Å². The first-order valence-electron chi connectivity index (χ1n) is 13.8. The normalized spacial score (nSPS) is 22.3. The summed E-state index contributed by atoms with van der Waals surface area (Å²) in [7, 11) is 3.45. The summed E-state index contributed by atoms with van der Waals surface area (Å²) in [5, 5.41) is 13.8. The maximum atomic E-state index is 10.1. The van der Waals surface area contributed by atoms with Crippen molar-refractivity contribution in [3.63, 3.8) is 0 Å². The third kappa shape index (κ3) is 7.60. The van der Waals surface area contributed by atoms with E-state index in [1.54, 1.807) is 14.2 Å². The van der Waals surface area contributed by atoms with E-state index in [0.29, 0.717) is 19.3 Å². The molecule has 1 fully saturated rings. The van der Waals surface area contributed by atoms with Crippen molar-refractivity contribution in [2.45, 2.75) is 69.8 Å². The van der Waals surface area contributed by atoms with Crippen molar-refractivity contribution in [2.24, 2.45) is 0 Å². The van der Waals surface area contributed by atoms with Gasteiger partial charge in [-0.25, -0.2) is 0 Å². The molecular weight excluding hydrogens is 468 g/mol. The number of ether oxygens (including phenoxy) is 4. The molecule has 7 nitrogen and oxygen atoms in total. The van der Waals surface area contributed by atoms with Crippen LogP contribution in [0.4, 0.5) is 5.69 Å². The van der Waals surface area contributed by atoms with E-state index in [0.717, 1.165) is 81.1 Å². The van der Waals surface area contributed by atoms with Gasteiger partial charge in [0.2, 0.25) is 0 Å². The molecule has 4 rings (SSSR count). The Morgan fingerprint density at radius 3 is 2.76 bits per heavy atom. The second-order valence-electron chi connectivity index (χ2n) is 10.2. The van der Waals surface area contributed by atoms with Crippen molar-refractivity contribution >= 4 is 5.69 Å². The van der Waals surface area contributed by atoms with Crippen LogP contribution >= 0.6 is 0 Å². The summed E-state index contributed by atoms with van der Waals surface area (Å²) in [6.45, 7) is 6.70. The number of aliphatic hydroxyl groups is 1. The maximum Gasteiger partial charge on any atom is 0.142 e. The van der Waals surface area contributed by atoms with Gasteiger partial charge in [-0.15, -0.1) is 0 Å². The fraction of sp³-hybridized carbons (Fsp3) is 0.600. The zero-order valence-electron chi connectivity index (χ0n) is 22.7. The molecule has 37 heavy (non-hydrogen) atoms. The molecular formula is C30H44N2O5. The van der Waals surface area contributed by atoms with E-state index in [-0.39, 0.29) is 18.1 Å². The van der Waals surface area contributed by atoms with Gasteiger partial charge in [0.05, 0.1) is 38.2 Å². The van der Waals surface area contributed by atoms with E-state index in [9.17, 15) is 5.11 Å². The maximum absolute atomic E-state index is 10.1. The van der Waals surface area contributed by atoms with Gasteiger partial charge in [-0.05, 0) is 67.5 Å². The van der Waals surface area contributed by atoms with Gasteiger partial charge in [0.15, 0.2) is 0 Å². The number of hydrogen-bond acceptors (Lipinski definition) is 7. The number of rotatable bonds is 13. The van der Waals surface area contributed by atoms with E-state index in [2.05, 4.69) is 40.5 Å². The number of nitrogens with zero attached hydrogens (tertiary/aromatic N) is 1. The molecule has 7 heteroatoms. The molecule has 0 saturated carbocycles. The smallest absolute Gasteiger partial charge is 0.142 e. The Morgan fingerprint density at radius 1 is 1.16 bits per heavy atom. The molecule has 2 N–H and O–H groups in total. The number of nitrogens with one attached hydrogen (secondary N) is 1. The standard InChI is InChI=1S/C30H44N2O5/c1-4-25(33)10-9-24-19-27(23-7-11-26(35-3)12-8-23)30(20-31-24)37-21-22-6-13-29-28(18-22)32(15-17-36-29)14-5-16-34-2/h6-8,11-13,18,24-25,27,30-31,33H,4-5,9-10,14-17,19-21H2,1-3H3/t24-,25-,27-,30+/m1/s1. The van der Waals surface area contributed by atoms with Crippen LogP contribution in [0.5, 0.6) is 11.5 Å². The quantitative estimate of drug-likeness (QED) is 0.383. The predicted octanol–water partition coefficient (Wildman–Crippen LogP) is 4.51. The van der Waals surface area contributed by atoms with Crippen LogP contribution in [-0.4, -0.2) is 70.4 Å². The van der Waals surface area contributed by atoms with Crippen LogP contribution < -0.4 is 19.7 Å².